The van der Waals surface area contributed by atoms with Gasteiger partial charge in [0, 0.05) is 6.04 Å². The molecule has 1 heterocycles. The number of nitrogens with zero attached hydrogens (tertiary/aromatic N) is 2. The number of aryl methyl sites for hydroxylation is 1. The Hall–Kier alpha value is -1.66. The molecule has 0 radical (unpaired) electrons. The van der Waals surface area contributed by atoms with Crippen LogP contribution in [-0.4, -0.2) is 24.2 Å². The molecule has 2 aromatic rings. The summed E-state index contributed by atoms with van der Waals surface area (Å²) in [4.78, 5) is 0.309. The summed E-state index contributed by atoms with van der Waals surface area (Å²) in [7, 11) is -3.53. The van der Waals surface area contributed by atoms with Crippen LogP contribution in [0.3, 0.4) is 0 Å². The molecule has 0 amide bonds. The number of aromatic nitrogens is 2. The molecule has 1 saturated carbocycles. The second-order valence-electron chi connectivity index (χ2n) is 5.85. The number of sulfonamides is 1. The highest BCUT2D eigenvalue weighted by molar-refractivity contribution is 7.89. The van der Waals surface area contributed by atoms with Gasteiger partial charge in [-0.2, -0.15) is 5.10 Å². The van der Waals surface area contributed by atoms with E-state index < -0.39 is 10.0 Å². The van der Waals surface area contributed by atoms with Gasteiger partial charge in [-0.3, -0.25) is 0 Å². The third-order valence-corrected chi connectivity index (χ3v) is 5.94. The normalized spacial score (nSPS) is 16.3. The zero-order chi connectivity index (χ0) is 15.7. The van der Waals surface area contributed by atoms with Gasteiger partial charge < -0.3 is 0 Å². The Labute approximate surface area is 131 Å². The Morgan fingerprint density at radius 1 is 1.14 bits per heavy atom. The minimum Gasteiger partial charge on any atom is -0.236 e. The minimum atomic E-state index is -3.53. The lowest BCUT2D eigenvalue weighted by Crippen LogP contribution is -2.33. The van der Waals surface area contributed by atoms with Crippen LogP contribution in [0.1, 0.15) is 37.1 Å². The van der Waals surface area contributed by atoms with Gasteiger partial charge in [0.1, 0.15) is 4.90 Å². The highest BCUT2D eigenvalue weighted by Gasteiger charge is 2.28. The maximum Gasteiger partial charge on any atom is 0.244 e. The molecule has 1 aliphatic rings. The van der Waals surface area contributed by atoms with Crippen molar-refractivity contribution in [2.45, 2.75) is 50.5 Å². The van der Waals surface area contributed by atoms with E-state index in [0.717, 1.165) is 31.4 Å². The zero-order valence-corrected chi connectivity index (χ0v) is 13.7. The van der Waals surface area contributed by atoms with Gasteiger partial charge in [-0.15, -0.1) is 0 Å². The van der Waals surface area contributed by atoms with Crippen molar-refractivity contribution in [2.75, 3.05) is 0 Å². The molecular weight excluding hydrogens is 298 g/mol. The van der Waals surface area contributed by atoms with E-state index in [0.29, 0.717) is 16.3 Å². The molecule has 1 aliphatic carbocycles. The Kier molecular flexibility index (Phi) is 4.06. The molecule has 118 valence electrons. The lowest BCUT2D eigenvalue weighted by atomic mass is 10.3. The zero-order valence-electron chi connectivity index (χ0n) is 12.9. The van der Waals surface area contributed by atoms with Crippen molar-refractivity contribution < 1.29 is 8.42 Å². The van der Waals surface area contributed by atoms with E-state index in [1.54, 1.807) is 18.5 Å². The number of hydrogen-bond acceptors (Lipinski definition) is 3. The van der Waals surface area contributed by atoms with E-state index in [1.165, 1.54) is 0 Å². The average Bonchev–Trinajstić information content (AvgIpc) is 3.07. The van der Waals surface area contributed by atoms with Gasteiger partial charge in [0.25, 0.3) is 0 Å². The second kappa shape index (κ2) is 5.85. The molecule has 1 fully saturated rings. The summed E-state index contributed by atoms with van der Waals surface area (Å²) in [5, 5.41) is 4.42. The molecule has 0 spiro atoms. The summed E-state index contributed by atoms with van der Waals surface area (Å²) in [6, 6.07) is 9.64. The van der Waals surface area contributed by atoms with E-state index >= 15 is 0 Å². The molecule has 0 bridgehead atoms. The van der Waals surface area contributed by atoms with Gasteiger partial charge in [0.15, 0.2) is 0 Å². The molecule has 22 heavy (non-hydrogen) atoms. The fourth-order valence-corrected chi connectivity index (χ4v) is 4.86. The summed E-state index contributed by atoms with van der Waals surface area (Å²) in [5.41, 5.74) is 2.05. The maximum absolute atomic E-state index is 12.7. The van der Waals surface area contributed by atoms with E-state index in [-0.39, 0.29) is 6.04 Å². The lowest BCUT2D eigenvalue weighted by Gasteiger charge is -2.13. The topological polar surface area (TPSA) is 64.0 Å². The summed E-state index contributed by atoms with van der Waals surface area (Å²) in [5.74, 6) is 0. The number of nitrogens with one attached hydrogen (secondary N) is 1. The Morgan fingerprint density at radius 3 is 2.41 bits per heavy atom. The molecule has 0 atom stereocenters. The summed E-state index contributed by atoms with van der Waals surface area (Å²) in [6.45, 7) is 3.55. The first-order chi connectivity index (χ1) is 10.5. The quantitative estimate of drug-likeness (QED) is 0.942. The molecule has 5 nitrogen and oxygen atoms in total. The van der Waals surface area contributed by atoms with Crippen molar-refractivity contribution >= 4 is 10.0 Å². The molecule has 6 heteroatoms. The largest absolute Gasteiger partial charge is 0.244 e. The fourth-order valence-electron chi connectivity index (χ4n) is 3.16. The fraction of sp³-hybridized carbons (Fsp3) is 0.438. The summed E-state index contributed by atoms with van der Waals surface area (Å²) in [6.07, 6.45) is 4.02. The standard InChI is InChI=1S/C16H21N3O2S/c1-12-16(22(20,21)18-14-8-6-7-9-14)13(2)19(17-12)15-10-4-3-5-11-15/h3-5,10-11,14,18H,6-9H2,1-2H3. The van der Waals surface area contributed by atoms with E-state index in [1.807, 2.05) is 30.3 Å². The maximum atomic E-state index is 12.7. The number of para-hydroxylation sites is 1. The smallest absolute Gasteiger partial charge is 0.236 e. The van der Waals surface area contributed by atoms with Crippen molar-refractivity contribution in [1.82, 2.24) is 14.5 Å². The average molecular weight is 319 g/mol. The molecule has 0 unspecified atom stereocenters. The minimum absolute atomic E-state index is 0.0591. The van der Waals surface area contributed by atoms with Crippen molar-refractivity contribution in [3.63, 3.8) is 0 Å². The summed E-state index contributed by atoms with van der Waals surface area (Å²) >= 11 is 0. The number of benzene rings is 1. The van der Waals surface area contributed by atoms with Gasteiger partial charge in [-0.25, -0.2) is 17.8 Å². The SMILES string of the molecule is Cc1nn(-c2ccccc2)c(C)c1S(=O)(=O)NC1CCCC1. The van der Waals surface area contributed by atoms with Gasteiger partial charge >= 0.3 is 0 Å². The van der Waals surface area contributed by atoms with E-state index in [4.69, 9.17) is 0 Å². The van der Waals surface area contributed by atoms with Crippen LogP contribution in [0.15, 0.2) is 35.2 Å². The Balaban J connectivity index is 1.99. The van der Waals surface area contributed by atoms with Gasteiger partial charge in [0.2, 0.25) is 10.0 Å². The van der Waals surface area contributed by atoms with Crippen LogP contribution in [0.5, 0.6) is 0 Å². The lowest BCUT2D eigenvalue weighted by molar-refractivity contribution is 0.551. The van der Waals surface area contributed by atoms with Gasteiger partial charge in [-0.1, -0.05) is 31.0 Å². The molecule has 3 rings (SSSR count). The first kappa shape index (κ1) is 15.2. The van der Waals surface area contributed by atoms with Crippen molar-refractivity contribution in [2.24, 2.45) is 0 Å². The number of hydrogen-bond donors (Lipinski definition) is 1. The predicted molar refractivity (Wildman–Crippen MR) is 85.6 cm³/mol. The van der Waals surface area contributed by atoms with Crippen molar-refractivity contribution in [3.05, 3.63) is 41.7 Å². The third-order valence-electron chi connectivity index (χ3n) is 4.17. The third kappa shape index (κ3) is 2.80. The van der Waals surface area contributed by atoms with Crippen molar-refractivity contribution in [3.8, 4) is 5.69 Å². The first-order valence-electron chi connectivity index (χ1n) is 7.63. The van der Waals surface area contributed by atoms with Gasteiger partial charge in [0.05, 0.1) is 17.1 Å². The highest BCUT2D eigenvalue weighted by atomic mass is 32.2. The molecular formula is C16H21N3O2S. The number of rotatable bonds is 4. The second-order valence-corrected chi connectivity index (χ2v) is 7.50. The van der Waals surface area contributed by atoms with Gasteiger partial charge in [-0.05, 0) is 38.8 Å². The van der Waals surface area contributed by atoms with Crippen LogP contribution in [-0.2, 0) is 10.0 Å². The molecule has 0 aliphatic heterocycles. The van der Waals surface area contributed by atoms with Crippen LogP contribution in [0.2, 0.25) is 0 Å². The Bertz CT molecular complexity index is 760. The van der Waals surface area contributed by atoms with Crippen LogP contribution in [0.25, 0.3) is 5.69 Å². The monoisotopic (exact) mass is 319 g/mol. The molecule has 1 aromatic carbocycles. The Morgan fingerprint density at radius 2 is 1.77 bits per heavy atom. The van der Waals surface area contributed by atoms with Crippen molar-refractivity contribution in [1.29, 1.82) is 0 Å². The summed E-state index contributed by atoms with van der Waals surface area (Å²) < 4.78 is 29.9. The van der Waals surface area contributed by atoms with E-state index in [2.05, 4.69) is 9.82 Å². The molecule has 1 aromatic heterocycles. The predicted octanol–water partition coefficient (Wildman–Crippen LogP) is 2.71. The van der Waals surface area contributed by atoms with Crippen LogP contribution in [0.4, 0.5) is 0 Å². The van der Waals surface area contributed by atoms with Crippen LogP contribution in [0, 0.1) is 13.8 Å². The highest BCUT2D eigenvalue weighted by Crippen LogP contribution is 2.25. The molecule has 1 N–H and O–H groups in total. The van der Waals surface area contributed by atoms with Crippen LogP contribution >= 0.6 is 0 Å². The first-order valence-corrected chi connectivity index (χ1v) is 9.11. The van der Waals surface area contributed by atoms with Crippen LogP contribution < -0.4 is 4.72 Å². The van der Waals surface area contributed by atoms with E-state index in [9.17, 15) is 8.42 Å². The molecule has 0 saturated heterocycles.